The van der Waals surface area contributed by atoms with E-state index in [-0.39, 0.29) is 21.9 Å². The Hall–Kier alpha value is -2.35. The summed E-state index contributed by atoms with van der Waals surface area (Å²) in [7, 11) is 0. The number of aromatic nitrogens is 1. The molecule has 0 aromatic carbocycles. The molecule has 20 heavy (non-hydrogen) atoms. The Bertz CT molecular complexity index is 787. The summed E-state index contributed by atoms with van der Waals surface area (Å²) in [5.74, 6) is -2.20. The Morgan fingerprint density at radius 2 is 2.15 bits per heavy atom. The van der Waals surface area contributed by atoms with Crippen LogP contribution >= 0.6 is 11.3 Å². The van der Waals surface area contributed by atoms with Crippen molar-refractivity contribution in [2.75, 3.05) is 0 Å². The number of nitrogens with two attached hydrogens (primary N) is 1. The quantitative estimate of drug-likeness (QED) is 0.720. The van der Waals surface area contributed by atoms with Gasteiger partial charge < -0.3 is 20.6 Å². The third-order valence-corrected chi connectivity index (χ3v) is 3.96. The van der Waals surface area contributed by atoms with Gasteiger partial charge in [-0.1, -0.05) is 0 Å². The van der Waals surface area contributed by atoms with E-state index in [1.54, 1.807) is 0 Å². The second kappa shape index (κ2) is 4.34. The van der Waals surface area contributed by atoms with E-state index >= 15 is 0 Å². The molecule has 2 aromatic heterocycles. The largest absolute Gasteiger partial charge is 0.506 e. The molecule has 0 saturated heterocycles. The van der Waals surface area contributed by atoms with E-state index in [0.29, 0.717) is 0 Å². The molecule has 1 amide bonds. The number of fused-ring (bicyclic) bond motifs is 1. The van der Waals surface area contributed by atoms with Crippen LogP contribution in [0.2, 0.25) is 0 Å². The Balaban J connectivity index is 2.20. The first kappa shape index (κ1) is 12.7. The molecule has 2 aromatic rings. The minimum absolute atomic E-state index is 0.0739. The van der Waals surface area contributed by atoms with E-state index in [2.05, 4.69) is 4.98 Å². The Labute approximate surface area is 116 Å². The molecule has 0 bridgehead atoms. The van der Waals surface area contributed by atoms with Crippen molar-refractivity contribution in [2.45, 2.75) is 18.9 Å². The number of carbonyl (C=O) groups excluding carboxylic acids is 2. The molecule has 3 rings (SSSR count). The molecule has 8 heteroatoms. The van der Waals surface area contributed by atoms with Crippen molar-refractivity contribution in [3.63, 3.8) is 0 Å². The smallest absolute Gasteiger partial charge is 0.347 e. The van der Waals surface area contributed by atoms with Crippen LogP contribution in [0.3, 0.4) is 0 Å². The van der Waals surface area contributed by atoms with Crippen LogP contribution in [0, 0.1) is 0 Å². The molecule has 0 unspecified atom stereocenters. The Morgan fingerprint density at radius 1 is 1.45 bits per heavy atom. The van der Waals surface area contributed by atoms with Crippen molar-refractivity contribution in [3.8, 4) is 5.75 Å². The zero-order valence-corrected chi connectivity index (χ0v) is 11.0. The number of aromatic amines is 1. The predicted octanol–water partition coefficient (Wildman–Crippen LogP) is 0.713. The number of aromatic hydroxyl groups is 1. The average molecular weight is 294 g/mol. The highest BCUT2D eigenvalue weighted by Gasteiger charge is 2.30. The topological polar surface area (TPSA) is 122 Å². The van der Waals surface area contributed by atoms with E-state index < -0.39 is 28.7 Å². The molecule has 0 radical (unpaired) electrons. The lowest BCUT2D eigenvalue weighted by Gasteiger charge is -2.06. The summed E-state index contributed by atoms with van der Waals surface area (Å²) in [6.45, 7) is 0. The van der Waals surface area contributed by atoms with E-state index in [1.165, 1.54) is 5.38 Å². The Kier molecular flexibility index (Phi) is 2.75. The van der Waals surface area contributed by atoms with Gasteiger partial charge in [0.1, 0.15) is 16.7 Å². The maximum Gasteiger partial charge on any atom is 0.347 e. The van der Waals surface area contributed by atoms with Crippen LogP contribution in [0.1, 0.15) is 32.9 Å². The molecule has 104 valence electrons. The van der Waals surface area contributed by atoms with Crippen LogP contribution in [0.15, 0.2) is 10.2 Å². The molecular formula is C12H10N2O5S. The van der Waals surface area contributed by atoms with E-state index in [0.717, 1.165) is 24.2 Å². The fourth-order valence-electron chi connectivity index (χ4n) is 1.87. The number of esters is 1. The number of carbonyl (C=O) groups is 2. The average Bonchev–Trinajstić information content (AvgIpc) is 3.05. The molecule has 1 aliphatic carbocycles. The molecule has 0 aliphatic heterocycles. The van der Waals surface area contributed by atoms with Gasteiger partial charge in [0.2, 0.25) is 0 Å². The van der Waals surface area contributed by atoms with Crippen LogP contribution in [-0.2, 0) is 4.74 Å². The van der Waals surface area contributed by atoms with Gasteiger partial charge in [0.15, 0.2) is 5.56 Å². The van der Waals surface area contributed by atoms with Gasteiger partial charge in [-0.2, -0.15) is 0 Å². The van der Waals surface area contributed by atoms with E-state index in [4.69, 9.17) is 10.5 Å². The standard InChI is InChI=1S/C12H10N2O5S/c13-10(16)9-6-5(3-20-9)14-11(17)7(8(6)15)12(18)19-4-1-2-4/h3-4,15H,1-2H2,(H2,13,16)(H,14,17). The molecule has 7 nitrogen and oxygen atoms in total. The summed E-state index contributed by atoms with van der Waals surface area (Å²) < 4.78 is 5.00. The minimum Gasteiger partial charge on any atom is -0.506 e. The lowest BCUT2D eigenvalue weighted by Crippen LogP contribution is -2.21. The van der Waals surface area contributed by atoms with Crippen molar-refractivity contribution < 1.29 is 19.4 Å². The monoisotopic (exact) mass is 294 g/mol. The van der Waals surface area contributed by atoms with Crippen LogP contribution in [0.5, 0.6) is 5.75 Å². The van der Waals surface area contributed by atoms with Crippen molar-refractivity contribution in [2.24, 2.45) is 5.73 Å². The van der Waals surface area contributed by atoms with E-state index in [9.17, 15) is 19.5 Å². The number of hydrogen-bond acceptors (Lipinski definition) is 6. The number of ether oxygens (including phenoxy) is 1. The van der Waals surface area contributed by atoms with Gasteiger partial charge in [-0.3, -0.25) is 9.59 Å². The van der Waals surface area contributed by atoms with Gasteiger partial charge in [0.25, 0.3) is 11.5 Å². The third-order valence-electron chi connectivity index (χ3n) is 2.97. The normalized spacial score (nSPS) is 14.4. The maximum atomic E-state index is 11.9. The second-order valence-corrected chi connectivity index (χ2v) is 5.38. The Morgan fingerprint density at radius 3 is 2.75 bits per heavy atom. The summed E-state index contributed by atoms with van der Waals surface area (Å²) in [6, 6.07) is 0. The number of nitrogens with one attached hydrogen (secondary N) is 1. The van der Waals surface area contributed by atoms with Crippen LogP contribution in [0.25, 0.3) is 10.9 Å². The molecule has 1 aliphatic rings. The first-order valence-corrected chi connectivity index (χ1v) is 6.74. The molecule has 4 N–H and O–H groups in total. The highest BCUT2D eigenvalue weighted by Crippen LogP contribution is 2.33. The zero-order valence-electron chi connectivity index (χ0n) is 10.1. The SMILES string of the molecule is NC(=O)c1scc2[nH]c(=O)c(C(=O)OC3CC3)c(O)c12. The van der Waals surface area contributed by atoms with Gasteiger partial charge in [-0.25, -0.2) is 4.79 Å². The highest BCUT2D eigenvalue weighted by atomic mass is 32.1. The fourth-order valence-corrected chi connectivity index (χ4v) is 2.72. The van der Waals surface area contributed by atoms with Gasteiger partial charge in [0.05, 0.1) is 10.9 Å². The maximum absolute atomic E-state index is 11.9. The van der Waals surface area contributed by atoms with Crippen molar-refractivity contribution in [1.82, 2.24) is 4.98 Å². The van der Waals surface area contributed by atoms with Gasteiger partial charge in [0, 0.05) is 5.38 Å². The molecule has 1 saturated carbocycles. The first-order chi connectivity index (χ1) is 9.49. The van der Waals surface area contributed by atoms with E-state index in [1.807, 2.05) is 0 Å². The minimum atomic E-state index is -0.894. The van der Waals surface area contributed by atoms with Crippen molar-refractivity contribution >= 4 is 34.1 Å². The molecule has 0 spiro atoms. The van der Waals surface area contributed by atoms with Crippen molar-refractivity contribution in [1.29, 1.82) is 0 Å². The van der Waals surface area contributed by atoms with Crippen molar-refractivity contribution in [3.05, 3.63) is 26.2 Å². The molecule has 1 fully saturated rings. The summed E-state index contributed by atoms with van der Waals surface area (Å²) in [6.07, 6.45) is 1.30. The van der Waals surface area contributed by atoms with Crippen LogP contribution in [0.4, 0.5) is 0 Å². The third kappa shape index (κ3) is 1.94. The number of primary amides is 1. The van der Waals surface area contributed by atoms with Gasteiger partial charge in [-0.05, 0) is 12.8 Å². The summed E-state index contributed by atoms with van der Waals surface area (Å²) in [5, 5.41) is 11.7. The zero-order chi connectivity index (χ0) is 14.4. The number of amides is 1. The predicted molar refractivity (Wildman–Crippen MR) is 71.1 cm³/mol. The number of hydrogen-bond donors (Lipinski definition) is 3. The highest BCUT2D eigenvalue weighted by molar-refractivity contribution is 7.13. The summed E-state index contributed by atoms with van der Waals surface area (Å²) in [5.41, 5.74) is 4.21. The lowest BCUT2D eigenvalue weighted by molar-refractivity contribution is 0.0467. The molecular weight excluding hydrogens is 284 g/mol. The van der Waals surface area contributed by atoms with Gasteiger partial charge in [-0.15, -0.1) is 11.3 Å². The fraction of sp³-hybridized carbons (Fsp3) is 0.250. The second-order valence-electron chi connectivity index (χ2n) is 4.50. The number of thiophene rings is 1. The van der Waals surface area contributed by atoms with Crippen LogP contribution < -0.4 is 11.3 Å². The lowest BCUT2D eigenvalue weighted by atomic mass is 10.1. The molecule has 0 atom stereocenters. The molecule has 2 heterocycles. The van der Waals surface area contributed by atoms with Crippen LogP contribution in [-0.4, -0.2) is 28.1 Å². The number of rotatable bonds is 3. The summed E-state index contributed by atoms with van der Waals surface area (Å²) >= 11 is 0.984. The van der Waals surface area contributed by atoms with Gasteiger partial charge >= 0.3 is 5.97 Å². The first-order valence-electron chi connectivity index (χ1n) is 5.86. The number of H-pyrrole nitrogens is 1. The number of pyridine rings is 1. The summed E-state index contributed by atoms with van der Waals surface area (Å²) in [4.78, 5) is 37.5.